The predicted molar refractivity (Wildman–Crippen MR) is 46.9 cm³/mol. The van der Waals surface area contributed by atoms with Crippen molar-refractivity contribution in [1.82, 2.24) is 0 Å². The van der Waals surface area contributed by atoms with Crippen LogP contribution >= 0.6 is 0 Å². The molecule has 0 saturated heterocycles. The highest BCUT2D eigenvalue weighted by molar-refractivity contribution is 4.87. The Morgan fingerprint density at radius 1 is 1.18 bits per heavy atom. The Labute approximate surface area is 69.4 Å². The zero-order valence-electron chi connectivity index (χ0n) is 7.51. The van der Waals surface area contributed by atoms with Crippen LogP contribution in [0.5, 0.6) is 0 Å². The number of nitriles is 1. The van der Waals surface area contributed by atoms with Crippen LogP contribution in [0.15, 0.2) is 0 Å². The lowest BCUT2D eigenvalue weighted by atomic mass is 9.88. The van der Waals surface area contributed by atoms with E-state index in [9.17, 15) is 0 Å². The molecular formula is C9H18N2. The highest BCUT2D eigenvalue weighted by Crippen LogP contribution is 2.21. The van der Waals surface area contributed by atoms with Gasteiger partial charge in [0, 0.05) is 12.0 Å². The second-order valence-corrected chi connectivity index (χ2v) is 2.74. The third-order valence-corrected chi connectivity index (χ3v) is 1.95. The minimum Gasteiger partial charge on any atom is -0.328 e. The maximum Gasteiger partial charge on any atom is 0.0655 e. The van der Waals surface area contributed by atoms with Gasteiger partial charge in [-0.2, -0.15) is 5.26 Å². The van der Waals surface area contributed by atoms with E-state index in [0.29, 0.717) is 12.0 Å². The summed E-state index contributed by atoms with van der Waals surface area (Å²) in [6.45, 7) is 4.00. The smallest absolute Gasteiger partial charge is 0.0655 e. The molecule has 0 atom stereocenters. The molecule has 0 bridgehead atoms. The standard InChI is InChI=1S/C7H12N2.C2H6/c8-5-6-1-3-7(9)4-2-6;1-2/h6-7H,1-4,9H2;1-2H3. The molecule has 0 aromatic carbocycles. The molecule has 2 nitrogen and oxygen atoms in total. The van der Waals surface area contributed by atoms with Crippen molar-refractivity contribution in [2.24, 2.45) is 11.7 Å². The van der Waals surface area contributed by atoms with Crippen molar-refractivity contribution >= 4 is 0 Å². The Balaban J connectivity index is 0.000000461. The molecule has 64 valence electrons. The molecule has 1 aliphatic rings. The average Bonchev–Trinajstić information content (AvgIpc) is 2.10. The van der Waals surface area contributed by atoms with Crippen LogP contribution in [0.2, 0.25) is 0 Å². The maximum absolute atomic E-state index is 8.49. The molecular weight excluding hydrogens is 136 g/mol. The zero-order valence-corrected chi connectivity index (χ0v) is 7.51. The largest absolute Gasteiger partial charge is 0.328 e. The lowest BCUT2D eigenvalue weighted by molar-refractivity contribution is 0.381. The minimum absolute atomic E-state index is 0.296. The van der Waals surface area contributed by atoms with E-state index in [2.05, 4.69) is 6.07 Å². The molecule has 1 fully saturated rings. The van der Waals surface area contributed by atoms with Crippen molar-refractivity contribution in [2.45, 2.75) is 45.6 Å². The highest BCUT2D eigenvalue weighted by Gasteiger charge is 2.16. The molecule has 0 aromatic rings. The fourth-order valence-electron chi connectivity index (χ4n) is 1.25. The lowest BCUT2D eigenvalue weighted by Crippen LogP contribution is -2.25. The molecule has 0 aromatic heterocycles. The van der Waals surface area contributed by atoms with Crippen LogP contribution in [0.3, 0.4) is 0 Å². The SMILES string of the molecule is CC.N#CC1CCC(N)CC1. The van der Waals surface area contributed by atoms with Crippen LogP contribution < -0.4 is 5.73 Å². The summed E-state index contributed by atoms with van der Waals surface area (Å²) in [5.41, 5.74) is 5.64. The quantitative estimate of drug-likeness (QED) is 0.580. The summed E-state index contributed by atoms with van der Waals surface area (Å²) >= 11 is 0. The maximum atomic E-state index is 8.49. The number of rotatable bonds is 0. The van der Waals surface area contributed by atoms with Gasteiger partial charge < -0.3 is 5.73 Å². The van der Waals surface area contributed by atoms with Gasteiger partial charge in [0.1, 0.15) is 0 Å². The van der Waals surface area contributed by atoms with Crippen LogP contribution in [0.1, 0.15) is 39.5 Å². The third-order valence-electron chi connectivity index (χ3n) is 1.95. The zero-order chi connectivity index (χ0) is 8.69. The van der Waals surface area contributed by atoms with Gasteiger partial charge >= 0.3 is 0 Å². The van der Waals surface area contributed by atoms with E-state index in [-0.39, 0.29) is 0 Å². The molecule has 2 heteroatoms. The van der Waals surface area contributed by atoms with Crippen LogP contribution in [0.4, 0.5) is 0 Å². The Bertz CT molecular complexity index is 118. The molecule has 1 saturated carbocycles. The van der Waals surface area contributed by atoms with Crippen LogP contribution in [-0.2, 0) is 0 Å². The van der Waals surface area contributed by atoms with Crippen LogP contribution in [-0.4, -0.2) is 6.04 Å². The summed E-state index contributed by atoms with van der Waals surface area (Å²) < 4.78 is 0. The van der Waals surface area contributed by atoms with Crippen molar-refractivity contribution in [2.75, 3.05) is 0 Å². The average molecular weight is 154 g/mol. The predicted octanol–water partition coefficient (Wildman–Crippen LogP) is 2.05. The minimum atomic E-state index is 0.296. The first-order chi connectivity index (χ1) is 5.33. The van der Waals surface area contributed by atoms with Crippen molar-refractivity contribution < 1.29 is 0 Å². The van der Waals surface area contributed by atoms with E-state index in [1.807, 2.05) is 13.8 Å². The number of nitrogens with two attached hydrogens (primary N) is 1. The summed E-state index contributed by atoms with van der Waals surface area (Å²) in [7, 11) is 0. The van der Waals surface area contributed by atoms with Gasteiger partial charge in [-0.25, -0.2) is 0 Å². The van der Waals surface area contributed by atoms with Gasteiger partial charge in [0.2, 0.25) is 0 Å². The van der Waals surface area contributed by atoms with Gasteiger partial charge in [0.25, 0.3) is 0 Å². The first kappa shape index (κ1) is 10.4. The Kier molecular flexibility index (Phi) is 5.87. The van der Waals surface area contributed by atoms with Crippen LogP contribution in [0.25, 0.3) is 0 Å². The summed E-state index contributed by atoms with van der Waals surface area (Å²) in [5.74, 6) is 0.296. The second-order valence-electron chi connectivity index (χ2n) is 2.74. The number of hydrogen-bond donors (Lipinski definition) is 1. The lowest BCUT2D eigenvalue weighted by Gasteiger charge is -2.20. The van der Waals surface area contributed by atoms with Gasteiger partial charge in [-0.05, 0) is 25.7 Å². The van der Waals surface area contributed by atoms with Gasteiger partial charge in [-0.1, -0.05) is 13.8 Å². The van der Waals surface area contributed by atoms with E-state index in [1.54, 1.807) is 0 Å². The Morgan fingerprint density at radius 3 is 2.00 bits per heavy atom. The van der Waals surface area contributed by atoms with E-state index in [0.717, 1.165) is 25.7 Å². The molecule has 0 amide bonds. The summed E-state index contributed by atoms with van der Waals surface area (Å²) in [6, 6.07) is 2.64. The van der Waals surface area contributed by atoms with Crippen LogP contribution in [0, 0.1) is 17.2 Å². The normalized spacial score (nSPS) is 29.6. The topological polar surface area (TPSA) is 49.8 Å². The summed E-state index contributed by atoms with van der Waals surface area (Å²) in [4.78, 5) is 0. The second kappa shape index (κ2) is 6.18. The van der Waals surface area contributed by atoms with E-state index in [4.69, 9.17) is 11.0 Å². The molecule has 11 heavy (non-hydrogen) atoms. The summed E-state index contributed by atoms with van der Waals surface area (Å²) in [5, 5.41) is 8.49. The van der Waals surface area contributed by atoms with Crippen molar-refractivity contribution in [1.29, 1.82) is 5.26 Å². The number of hydrogen-bond acceptors (Lipinski definition) is 2. The molecule has 0 radical (unpaired) electrons. The van der Waals surface area contributed by atoms with E-state index in [1.165, 1.54) is 0 Å². The molecule has 1 rings (SSSR count). The monoisotopic (exact) mass is 154 g/mol. The number of nitrogens with zero attached hydrogens (tertiary/aromatic N) is 1. The van der Waals surface area contributed by atoms with Gasteiger partial charge in [0.15, 0.2) is 0 Å². The van der Waals surface area contributed by atoms with Gasteiger partial charge in [0.05, 0.1) is 6.07 Å². The molecule has 0 spiro atoms. The molecule has 1 aliphatic carbocycles. The molecule has 0 aliphatic heterocycles. The van der Waals surface area contributed by atoms with Crippen molar-refractivity contribution in [3.8, 4) is 6.07 Å². The highest BCUT2D eigenvalue weighted by atomic mass is 14.6. The fraction of sp³-hybridized carbons (Fsp3) is 0.889. The van der Waals surface area contributed by atoms with E-state index >= 15 is 0 Å². The Morgan fingerprint density at radius 2 is 1.64 bits per heavy atom. The first-order valence-corrected chi connectivity index (χ1v) is 4.48. The van der Waals surface area contributed by atoms with Gasteiger partial charge in [-0.15, -0.1) is 0 Å². The fourth-order valence-corrected chi connectivity index (χ4v) is 1.25. The molecule has 0 heterocycles. The molecule has 2 N–H and O–H groups in total. The first-order valence-electron chi connectivity index (χ1n) is 4.48. The van der Waals surface area contributed by atoms with Gasteiger partial charge in [-0.3, -0.25) is 0 Å². The summed E-state index contributed by atoms with van der Waals surface area (Å²) in [6.07, 6.45) is 4.10. The van der Waals surface area contributed by atoms with Crippen molar-refractivity contribution in [3.63, 3.8) is 0 Å². The third kappa shape index (κ3) is 4.00. The molecule has 0 unspecified atom stereocenters. The van der Waals surface area contributed by atoms with E-state index < -0.39 is 0 Å². The van der Waals surface area contributed by atoms with Crippen molar-refractivity contribution in [3.05, 3.63) is 0 Å². The Hall–Kier alpha value is -0.550.